The van der Waals surface area contributed by atoms with E-state index in [0.717, 1.165) is 82.9 Å². The van der Waals surface area contributed by atoms with Crippen molar-refractivity contribution < 1.29 is 0 Å². The van der Waals surface area contributed by atoms with Gasteiger partial charge >= 0.3 is 0 Å². The van der Waals surface area contributed by atoms with Crippen molar-refractivity contribution in [2.75, 3.05) is 0 Å². The first-order valence-electron chi connectivity index (χ1n) is 30.2. The molecular weight excluding hydrogens is 773 g/mol. The van der Waals surface area contributed by atoms with E-state index in [4.69, 9.17) is 0 Å². The molecule has 8 rings (SSSR count). The van der Waals surface area contributed by atoms with E-state index < -0.39 is 0 Å². The Morgan fingerprint density at radius 1 is 0.344 bits per heavy atom. The van der Waals surface area contributed by atoms with Crippen LogP contribution in [0.3, 0.4) is 0 Å². The summed E-state index contributed by atoms with van der Waals surface area (Å²) >= 11 is 0. The lowest BCUT2D eigenvalue weighted by Crippen LogP contribution is -2.49. The average molecular weight is 880 g/mol. The van der Waals surface area contributed by atoms with Crippen LogP contribution in [0.4, 0.5) is 0 Å². The predicted molar refractivity (Wildman–Crippen MR) is 272 cm³/mol. The first-order chi connectivity index (χ1) is 31.4. The van der Waals surface area contributed by atoms with Gasteiger partial charge in [-0.25, -0.2) is 0 Å². The van der Waals surface area contributed by atoms with Gasteiger partial charge in [-0.05, 0) is 198 Å². The second-order valence-electron chi connectivity index (χ2n) is 25.4. The molecule has 364 valence electrons. The van der Waals surface area contributed by atoms with E-state index in [2.05, 4.69) is 39.8 Å². The molecule has 8 saturated carbocycles. The topological polar surface area (TPSA) is 47.6 Å². The zero-order chi connectivity index (χ0) is 44.8. The molecule has 12 unspecified atom stereocenters. The molecule has 0 aromatic heterocycles. The fraction of sp³-hybridized carbons (Fsp3) is 0.968. The minimum Gasteiger partial charge on any atom is -0.198 e. The Morgan fingerprint density at radius 3 is 1.12 bits per heavy atom. The Kier molecular flexibility index (Phi) is 20.3. The van der Waals surface area contributed by atoms with Crippen LogP contribution in [0.25, 0.3) is 0 Å². The molecule has 0 radical (unpaired) electrons. The van der Waals surface area contributed by atoms with Crippen molar-refractivity contribution in [2.24, 2.45) is 93.7 Å². The number of hydrogen-bond acceptors (Lipinski definition) is 2. The molecule has 0 spiro atoms. The Bertz CT molecular complexity index is 1420. The highest BCUT2D eigenvalue weighted by atomic mass is 14.6. The molecule has 0 aromatic carbocycles. The molecule has 16 atom stereocenters. The van der Waals surface area contributed by atoms with Crippen LogP contribution in [0.1, 0.15) is 285 Å². The van der Waals surface area contributed by atoms with E-state index in [1.54, 1.807) is 32.1 Å². The van der Waals surface area contributed by atoms with Crippen LogP contribution >= 0.6 is 0 Å². The van der Waals surface area contributed by atoms with E-state index in [-0.39, 0.29) is 10.8 Å². The fourth-order valence-electron chi connectivity index (χ4n) is 18.9. The molecule has 0 heterocycles. The summed E-state index contributed by atoms with van der Waals surface area (Å²) in [5.74, 6) is 14.2. The molecular formula is C62H106N2. The van der Waals surface area contributed by atoms with Gasteiger partial charge in [0.1, 0.15) is 0 Å². The molecule has 8 aliphatic carbocycles. The molecule has 0 aromatic rings. The van der Waals surface area contributed by atoms with Crippen LogP contribution in [0.5, 0.6) is 0 Å². The van der Waals surface area contributed by atoms with Gasteiger partial charge in [0, 0.05) is 0 Å². The molecule has 0 N–H and O–H groups in total. The lowest BCUT2D eigenvalue weighted by Gasteiger charge is -2.57. The maximum Gasteiger partial charge on any atom is 0.0689 e. The van der Waals surface area contributed by atoms with Gasteiger partial charge in [0.25, 0.3) is 0 Å². The Balaban J connectivity index is 0.000000192. The van der Waals surface area contributed by atoms with E-state index in [9.17, 15) is 10.5 Å². The van der Waals surface area contributed by atoms with Gasteiger partial charge in [-0.1, -0.05) is 169 Å². The minimum absolute atomic E-state index is 0.0344. The summed E-state index contributed by atoms with van der Waals surface area (Å²) in [5.41, 5.74) is 0.0703. The van der Waals surface area contributed by atoms with E-state index in [0.29, 0.717) is 0 Å². The maximum atomic E-state index is 10.2. The quantitative estimate of drug-likeness (QED) is 0.114. The predicted octanol–water partition coefficient (Wildman–Crippen LogP) is 19.4. The van der Waals surface area contributed by atoms with Crippen LogP contribution in [0, 0.1) is 116 Å². The number of unbranched alkanes of at least 4 members (excludes halogenated alkanes) is 12. The van der Waals surface area contributed by atoms with Crippen molar-refractivity contribution in [2.45, 2.75) is 285 Å². The Morgan fingerprint density at radius 2 is 0.688 bits per heavy atom. The van der Waals surface area contributed by atoms with Gasteiger partial charge in [-0.15, -0.1) is 0 Å². The summed E-state index contributed by atoms with van der Waals surface area (Å²) in [7, 11) is 0. The Hall–Kier alpha value is -1.02. The summed E-state index contributed by atoms with van der Waals surface area (Å²) in [5, 5.41) is 20.3. The SMILES string of the molecule is CCCCCCC[C@H]1CCCC2C3CCC4C[C@](C#N)(CCCCCC)CCC4C3CCC21.CCCCCC[C@]1(C#N)CCC2C(CCC3C2CCC2C3CCC[C@@H]2CCCCC)C1. The van der Waals surface area contributed by atoms with E-state index in [1.165, 1.54) is 225 Å². The van der Waals surface area contributed by atoms with E-state index in [1.807, 2.05) is 0 Å². The lowest BCUT2D eigenvalue weighted by molar-refractivity contribution is -0.0718. The third kappa shape index (κ3) is 12.4. The largest absolute Gasteiger partial charge is 0.198 e. The van der Waals surface area contributed by atoms with Crippen LogP contribution < -0.4 is 0 Å². The summed E-state index contributed by atoms with van der Waals surface area (Å²) in [4.78, 5) is 0. The van der Waals surface area contributed by atoms with Crippen molar-refractivity contribution in [3.63, 3.8) is 0 Å². The monoisotopic (exact) mass is 879 g/mol. The molecule has 8 aliphatic rings. The molecule has 0 saturated heterocycles. The standard InChI is InChI=1S/C32H55N.C30H51N/c1-3-5-7-9-10-13-25-14-12-15-29-27(25)18-19-30-28-20-22-32(24-33,21-11-8-6-4-2)23-26(28)16-17-31(29)30;1-3-5-7-9-19-30(22-31)20-18-26-24(21-30)14-15-29-27-13-10-12-23(11-8-6-4-2)25(27)16-17-28(26)29/h25-31H,3-23H2,1-2H3;23-29H,3-21H2,1-2H3/t25-,26?,27?,28?,29?,30?,31?,32-;23-,24?,25?,26?,27?,28?,29?,30-/m00/s1. The van der Waals surface area contributed by atoms with Gasteiger partial charge in [0.15, 0.2) is 0 Å². The summed E-state index contributed by atoms with van der Waals surface area (Å²) in [6.07, 6.45) is 56.5. The lowest BCUT2D eigenvalue weighted by atomic mass is 9.48. The third-order valence-electron chi connectivity index (χ3n) is 22.0. The third-order valence-corrected chi connectivity index (χ3v) is 22.0. The van der Waals surface area contributed by atoms with Gasteiger partial charge in [0.2, 0.25) is 0 Å². The number of hydrogen-bond donors (Lipinski definition) is 0. The molecule has 0 amide bonds. The van der Waals surface area contributed by atoms with Crippen molar-refractivity contribution in [3.05, 3.63) is 0 Å². The van der Waals surface area contributed by atoms with Gasteiger partial charge < -0.3 is 0 Å². The van der Waals surface area contributed by atoms with Gasteiger partial charge in [0.05, 0.1) is 23.0 Å². The number of nitrogens with zero attached hydrogens (tertiary/aromatic N) is 2. The first-order valence-corrected chi connectivity index (χ1v) is 30.2. The minimum atomic E-state index is 0.0344. The highest BCUT2D eigenvalue weighted by molar-refractivity contribution is 5.09. The van der Waals surface area contributed by atoms with Crippen molar-refractivity contribution in [1.82, 2.24) is 0 Å². The van der Waals surface area contributed by atoms with Crippen molar-refractivity contribution in [3.8, 4) is 12.1 Å². The zero-order valence-electron chi connectivity index (χ0n) is 43.3. The summed E-state index contributed by atoms with van der Waals surface area (Å²) in [6, 6.07) is 5.76. The fourth-order valence-corrected chi connectivity index (χ4v) is 18.9. The highest BCUT2D eigenvalue weighted by Crippen LogP contribution is 2.63. The number of fused-ring (bicyclic) bond motifs is 10. The van der Waals surface area contributed by atoms with Gasteiger partial charge in [-0.2, -0.15) is 10.5 Å². The molecule has 0 bridgehead atoms. The summed E-state index contributed by atoms with van der Waals surface area (Å²) < 4.78 is 0. The number of nitriles is 2. The Labute approximate surface area is 399 Å². The van der Waals surface area contributed by atoms with Crippen molar-refractivity contribution in [1.29, 1.82) is 10.5 Å². The molecule has 8 fully saturated rings. The van der Waals surface area contributed by atoms with Crippen LogP contribution in [0.2, 0.25) is 0 Å². The molecule has 64 heavy (non-hydrogen) atoms. The average Bonchev–Trinajstić information content (AvgIpc) is 3.34. The first kappa shape index (κ1) is 50.8. The van der Waals surface area contributed by atoms with Crippen LogP contribution in [-0.4, -0.2) is 0 Å². The second-order valence-corrected chi connectivity index (χ2v) is 25.4. The smallest absolute Gasteiger partial charge is 0.0689 e. The van der Waals surface area contributed by atoms with Crippen LogP contribution in [0.15, 0.2) is 0 Å². The highest BCUT2D eigenvalue weighted by Gasteiger charge is 2.54. The van der Waals surface area contributed by atoms with E-state index >= 15 is 0 Å². The molecule has 0 aliphatic heterocycles. The molecule has 2 heteroatoms. The normalized spacial score (nSPS) is 41.2. The summed E-state index contributed by atoms with van der Waals surface area (Å²) in [6.45, 7) is 9.27. The molecule has 2 nitrogen and oxygen atoms in total. The second kappa shape index (κ2) is 25.5. The van der Waals surface area contributed by atoms with Gasteiger partial charge in [-0.3, -0.25) is 0 Å². The van der Waals surface area contributed by atoms with Crippen LogP contribution in [-0.2, 0) is 0 Å². The zero-order valence-corrected chi connectivity index (χ0v) is 43.3. The number of rotatable bonds is 20. The van der Waals surface area contributed by atoms with Crippen molar-refractivity contribution >= 4 is 0 Å². The maximum absolute atomic E-state index is 10.2.